The van der Waals surface area contributed by atoms with Crippen LogP contribution >= 0.6 is 11.3 Å². The van der Waals surface area contributed by atoms with Gasteiger partial charge in [-0.15, -0.1) is 0 Å². The molecule has 0 aliphatic heterocycles. The standard InChI is InChI=1S/C12H14N2OS/c1-2-5-14-6-4-13-12(14)8-11(15)10-3-7-16-9-10/h3-4,6-7,9H,2,5,8H2,1H3. The number of hydrogen-bond donors (Lipinski definition) is 0. The molecule has 2 aromatic rings. The molecule has 2 rings (SSSR count). The third-order valence-electron chi connectivity index (χ3n) is 2.43. The maximum absolute atomic E-state index is 11.9. The second-order valence-corrected chi connectivity index (χ2v) is 4.43. The molecule has 0 spiro atoms. The molecule has 0 saturated heterocycles. The zero-order chi connectivity index (χ0) is 11.4. The Kier molecular flexibility index (Phi) is 3.51. The molecule has 0 amide bonds. The van der Waals surface area contributed by atoms with Gasteiger partial charge in [-0.1, -0.05) is 6.92 Å². The smallest absolute Gasteiger partial charge is 0.171 e. The predicted molar refractivity (Wildman–Crippen MR) is 64.9 cm³/mol. The first-order valence-corrected chi connectivity index (χ1v) is 6.31. The summed E-state index contributed by atoms with van der Waals surface area (Å²) in [6.07, 6.45) is 5.13. The maximum atomic E-state index is 11.9. The Morgan fingerprint density at radius 2 is 2.44 bits per heavy atom. The van der Waals surface area contributed by atoms with Gasteiger partial charge in [-0.3, -0.25) is 4.79 Å². The van der Waals surface area contributed by atoms with Gasteiger partial charge < -0.3 is 4.57 Å². The van der Waals surface area contributed by atoms with Crippen LogP contribution < -0.4 is 0 Å². The first-order valence-electron chi connectivity index (χ1n) is 5.36. The summed E-state index contributed by atoms with van der Waals surface area (Å²) in [4.78, 5) is 16.1. The minimum atomic E-state index is 0.143. The molecule has 16 heavy (non-hydrogen) atoms. The fourth-order valence-electron chi connectivity index (χ4n) is 1.62. The predicted octanol–water partition coefficient (Wildman–Crippen LogP) is 2.78. The van der Waals surface area contributed by atoms with Crippen LogP contribution in [0.2, 0.25) is 0 Å². The number of carbonyl (C=O) groups excluding carboxylic acids is 1. The van der Waals surface area contributed by atoms with E-state index in [1.54, 1.807) is 17.5 Å². The third kappa shape index (κ3) is 2.39. The average Bonchev–Trinajstić information content (AvgIpc) is 2.90. The molecule has 0 unspecified atom stereocenters. The van der Waals surface area contributed by atoms with Crippen molar-refractivity contribution in [2.75, 3.05) is 0 Å². The summed E-state index contributed by atoms with van der Waals surface area (Å²) in [5.41, 5.74) is 0.788. The van der Waals surface area contributed by atoms with Crippen molar-refractivity contribution >= 4 is 17.1 Å². The van der Waals surface area contributed by atoms with Crippen molar-refractivity contribution in [1.29, 1.82) is 0 Å². The summed E-state index contributed by atoms with van der Waals surface area (Å²) < 4.78 is 2.05. The molecule has 3 nitrogen and oxygen atoms in total. The van der Waals surface area contributed by atoms with E-state index in [2.05, 4.69) is 11.9 Å². The van der Waals surface area contributed by atoms with Crippen LogP contribution in [0.3, 0.4) is 0 Å². The van der Waals surface area contributed by atoms with Gasteiger partial charge in [-0.25, -0.2) is 4.98 Å². The Bertz CT molecular complexity index is 459. The Balaban J connectivity index is 2.09. The van der Waals surface area contributed by atoms with Crippen LogP contribution in [0.5, 0.6) is 0 Å². The minimum absolute atomic E-state index is 0.143. The first-order chi connectivity index (χ1) is 7.81. The molecular formula is C12H14N2OS. The van der Waals surface area contributed by atoms with E-state index in [4.69, 9.17) is 0 Å². The number of imidazole rings is 1. The third-order valence-corrected chi connectivity index (χ3v) is 3.11. The van der Waals surface area contributed by atoms with E-state index in [0.717, 1.165) is 24.4 Å². The summed E-state index contributed by atoms with van der Waals surface area (Å²) in [5.74, 6) is 1.00. The van der Waals surface area contributed by atoms with Gasteiger partial charge in [0.15, 0.2) is 5.78 Å². The molecule has 0 aliphatic carbocycles. The highest BCUT2D eigenvalue weighted by Crippen LogP contribution is 2.10. The number of aromatic nitrogens is 2. The Labute approximate surface area is 98.8 Å². The minimum Gasteiger partial charge on any atom is -0.335 e. The number of carbonyl (C=O) groups is 1. The highest BCUT2D eigenvalue weighted by molar-refractivity contribution is 7.08. The molecule has 2 aromatic heterocycles. The largest absolute Gasteiger partial charge is 0.335 e. The molecule has 0 aromatic carbocycles. The Morgan fingerprint density at radius 1 is 1.56 bits per heavy atom. The van der Waals surface area contributed by atoms with Gasteiger partial charge in [-0.2, -0.15) is 11.3 Å². The molecular weight excluding hydrogens is 220 g/mol. The lowest BCUT2D eigenvalue weighted by atomic mass is 10.1. The lowest BCUT2D eigenvalue weighted by molar-refractivity contribution is 0.0990. The number of rotatable bonds is 5. The SMILES string of the molecule is CCCn1ccnc1CC(=O)c1ccsc1. The van der Waals surface area contributed by atoms with Gasteiger partial charge >= 0.3 is 0 Å². The van der Waals surface area contributed by atoms with Crippen molar-refractivity contribution in [2.45, 2.75) is 26.3 Å². The van der Waals surface area contributed by atoms with Gasteiger partial charge in [0.25, 0.3) is 0 Å². The number of thiophene rings is 1. The van der Waals surface area contributed by atoms with E-state index in [0.29, 0.717) is 6.42 Å². The van der Waals surface area contributed by atoms with E-state index in [1.165, 1.54) is 0 Å². The molecule has 0 bridgehead atoms. The second kappa shape index (κ2) is 5.07. The van der Waals surface area contributed by atoms with Gasteiger partial charge in [0, 0.05) is 29.9 Å². The van der Waals surface area contributed by atoms with E-state index in [1.807, 2.05) is 27.6 Å². The number of ketones is 1. The van der Waals surface area contributed by atoms with Crippen molar-refractivity contribution in [2.24, 2.45) is 0 Å². The molecule has 2 heterocycles. The molecule has 0 saturated carbocycles. The average molecular weight is 234 g/mol. The molecule has 0 N–H and O–H groups in total. The lowest BCUT2D eigenvalue weighted by Crippen LogP contribution is -2.09. The number of nitrogens with zero attached hydrogens (tertiary/aromatic N) is 2. The van der Waals surface area contributed by atoms with Crippen LogP contribution in [-0.4, -0.2) is 15.3 Å². The van der Waals surface area contributed by atoms with Crippen molar-refractivity contribution in [3.8, 4) is 0 Å². The fraction of sp³-hybridized carbons (Fsp3) is 0.333. The molecule has 0 aliphatic rings. The summed E-state index contributed by atoms with van der Waals surface area (Å²) in [7, 11) is 0. The fourth-order valence-corrected chi connectivity index (χ4v) is 2.28. The molecule has 0 atom stereocenters. The van der Waals surface area contributed by atoms with Crippen LogP contribution in [0.1, 0.15) is 29.5 Å². The van der Waals surface area contributed by atoms with Gasteiger partial charge in [0.2, 0.25) is 0 Å². The summed E-state index contributed by atoms with van der Waals surface area (Å²) in [6, 6.07) is 1.86. The number of Topliss-reactive ketones (excluding diaryl/α,β-unsaturated/α-hetero) is 1. The van der Waals surface area contributed by atoms with Crippen molar-refractivity contribution in [1.82, 2.24) is 9.55 Å². The lowest BCUT2D eigenvalue weighted by Gasteiger charge is -2.04. The van der Waals surface area contributed by atoms with Crippen molar-refractivity contribution < 1.29 is 4.79 Å². The monoisotopic (exact) mass is 234 g/mol. The zero-order valence-corrected chi connectivity index (χ0v) is 10.0. The van der Waals surface area contributed by atoms with E-state index in [9.17, 15) is 4.79 Å². The van der Waals surface area contributed by atoms with Crippen LogP contribution in [0.15, 0.2) is 29.2 Å². The molecule has 0 radical (unpaired) electrons. The van der Waals surface area contributed by atoms with Crippen LogP contribution in [0, 0.1) is 0 Å². The molecule has 0 fully saturated rings. The Morgan fingerprint density at radius 3 is 3.12 bits per heavy atom. The molecule has 4 heteroatoms. The summed E-state index contributed by atoms with van der Waals surface area (Å²) in [6.45, 7) is 3.04. The first kappa shape index (κ1) is 11.1. The summed E-state index contributed by atoms with van der Waals surface area (Å²) >= 11 is 1.55. The van der Waals surface area contributed by atoms with Gasteiger partial charge in [0.05, 0.1) is 6.42 Å². The zero-order valence-electron chi connectivity index (χ0n) is 9.22. The summed E-state index contributed by atoms with van der Waals surface area (Å²) in [5, 5.41) is 3.81. The van der Waals surface area contributed by atoms with Crippen LogP contribution in [-0.2, 0) is 13.0 Å². The van der Waals surface area contributed by atoms with E-state index >= 15 is 0 Å². The van der Waals surface area contributed by atoms with Crippen LogP contribution in [0.25, 0.3) is 0 Å². The second-order valence-electron chi connectivity index (χ2n) is 3.65. The maximum Gasteiger partial charge on any atom is 0.171 e. The number of hydrogen-bond acceptors (Lipinski definition) is 3. The topological polar surface area (TPSA) is 34.9 Å². The molecule has 84 valence electrons. The number of aryl methyl sites for hydroxylation is 1. The van der Waals surface area contributed by atoms with Gasteiger partial charge in [0.1, 0.15) is 5.82 Å². The van der Waals surface area contributed by atoms with E-state index in [-0.39, 0.29) is 5.78 Å². The van der Waals surface area contributed by atoms with E-state index < -0.39 is 0 Å². The highest BCUT2D eigenvalue weighted by Gasteiger charge is 2.11. The van der Waals surface area contributed by atoms with Crippen molar-refractivity contribution in [3.63, 3.8) is 0 Å². The highest BCUT2D eigenvalue weighted by atomic mass is 32.1. The Hall–Kier alpha value is -1.42. The van der Waals surface area contributed by atoms with Crippen LogP contribution in [0.4, 0.5) is 0 Å². The van der Waals surface area contributed by atoms with Gasteiger partial charge in [-0.05, 0) is 17.9 Å². The quantitative estimate of drug-likeness (QED) is 0.746. The normalized spacial score (nSPS) is 10.6. The van der Waals surface area contributed by atoms with Crippen molar-refractivity contribution in [3.05, 3.63) is 40.6 Å².